The van der Waals surface area contributed by atoms with E-state index in [1.165, 1.54) is 31.0 Å². The fraction of sp³-hybridized carbons (Fsp3) is 0.292. The van der Waals surface area contributed by atoms with Crippen LogP contribution in [0.4, 0.5) is 15.9 Å². The van der Waals surface area contributed by atoms with Gasteiger partial charge in [-0.3, -0.25) is 4.98 Å². The summed E-state index contributed by atoms with van der Waals surface area (Å²) in [7, 11) is 0. The Bertz CT molecular complexity index is 1250. The van der Waals surface area contributed by atoms with Gasteiger partial charge in [0.25, 0.3) is 0 Å². The molecule has 4 aromatic rings. The average molecular weight is 414 g/mol. The molecular formula is C24H23FN6. The molecule has 1 atom stereocenters. The monoisotopic (exact) mass is 414 g/mol. The molecule has 1 saturated carbocycles. The van der Waals surface area contributed by atoms with Gasteiger partial charge >= 0.3 is 0 Å². The summed E-state index contributed by atoms with van der Waals surface area (Å²) in [4.78, 5) is 9.40. The largest absolute Gasteiger partial charge is 0.338 e. The lowest BCUT2D eigenvalue weighted by Crippen LogP contribution is -2.29. The van der Waals surface area contributed by atoms with Crippen molar-refractivity contribution in [1.82, 2.24) is 25.1 Å². The predicted molar refractivity (Wildman–Crippen MR) is 118 cm³/mol. The van der Waals surface area contributed by atoms with Crippen molar-refractivity contribution >= 4 is 22.4 Å². The normalized spacial score (nSPS) is 19.6. The van der Waals surface area contributed by atoms with Crippen LogP contribution in [0.15, 0.2) is 61.1 Å². The van der Waals surface area contributed by atoms with Gasteiger partial charge in [-0.2, -0.15) is 5.10 Å². The van der Waals surface area contributed by atoms with Crippen molar-refractivity contribution in [3.8, 4) is 5.69 Å². The highest BCUT2D eigenvalue weighted by molar-refractivity contribution is 5.81. The zero-order chi connectivity index (χ0) is 20.8. The lowest BCUT2D eigenvalue weighted by molar-refractivity contribution is 0.341. The predicted octanol–water partition coefficient (Wildman–Crippen LogP) is 4.56. The summed E-state index contributed by atoms with van der Waals surface area (Å²) in [6.07, 6.45) is 8.93. The van der Waals surface area contributed by atoms with Crippen molar-refractivity contribution in [2.75, 3.05) is 18.4 Å². The second-order valence-electron chi connectivity index (χ2n) is 8.61. The molecule has 3 aromatic heterocycles. The molecule has 0 bridgehead atoms. The summed E-state index contributed by atoms with van der Waals surface area (Å²) in [5, 5.41) is 11.7. The summed E-state index contributed by atoms with van der Waals surface area (Å²) in [6.45, 7) is 2.21. The van der Waals surface area contributed by atoms with E-state index in [0.29, 0.717) is 28.5 Å². The van der Waals surface area contributed by atoms with Crippen molar-refractivity contribution in [3.63, 3.8) is 0 Å². The number of benzene rings is 1. The Kier molecular flexibility index (Phi) is 4.24. The highest BCUT2D eigenvalue weighted by Crippen LogP contribution is 2.63. The van der Waals surface area contributed by atoms with Crippen LogP contribution in [-0.2, 0) is 0 Å². The number of hydrogen-bond donors (Lipinski definition) is 2. The number of anilines is 2. The van der Waals surface area contributed by atoms with Crippen LogP contribution in [0, 0.1) is 11.2 Å². The average Bonchev–Trinajstić information content (AvgIpc) is 3.21. The van der Waals surface area contributed by atoms with Crippen LogP contribution in [0.5, 0.6) is 0 Å². The highest BCUT2D eigenvalue weighted by atomic mass is 19.1. The van der Waals surface area contributed by atoms with E-state index >= 15 is 0 Å². The van der Waals surface area contributed by atoms with Crippen LogP contribution in [-0.4, -0.2) is 32.8 Å². The first-order valence-electron chi connectivity index (χ1n) is 10.7. The number of nitrogens with one attached hydrogen (secondary N) is 2. The van der Waals surface area contributed by atoms with Gasteiger partial charge in [0.1, 0.15) is 11.6 Å². The van der Waals surface area contributed by atoms with Gasteiger partial charge in [0.15, 0.2) is 0 Å². The van der Waals surface area contributed by atoms with Gasteiger partial charge in [-0.15, -0.1) is 0 Å². The highest BCUT2D eigenvalue weighted by Gasteiger charge is 2.55. The zero-order valence-corrected chi connectivity index (χ0v) is 17.1. The van der Waals surface area contributed by atoms with Crippen molar-refractivity contribution in [2.24, 2.45) is 5.41 Å². The smallest absolute Gasteiger partial charge is 0.148 e. The van der Waals surface area contributed by atoms with E-state index in [9.17, 15) is 4.39 Å². The van der Waals surface area contributed by atoms with E-state index in [1.54, 1.807) is 35.4 Å². The van der Waals surface area contributed by atoms with Crippen molar-refractivity contribution < 1.29 is 4.39 Å². The van der Waals surface area contributed by atoms with Gasteiger partial charge in [-0.05, 0) is 68.1 Å². The molecule has 4 heterocycles. The first kappa shape index (κ1) is 18.4. The molecule has 0 amide bonds. The van der Waals surface area contributed by atoms with E-state index in [-0.39, 0.29) is 5.82 Å². The second-order valence-corrected chi connectivity index (χ2v) is 8.61. The SMILES string of the molecule is Fc1cc(-n2cccn2)ccc1Nc1cc2nc(C3CC34CCNCC4)ccc2cn1. The molecule has 7 heteroatoms. The number of rotatable bonds is 4. The van der Waals surface area contributed by atoms with E-state index in [4.69, 9.17) is 4.98 Å². The van der Waals surface area contributed by atoms with Crippen molar-refractivity contribution in [1.29, 1.82) is 0 Å². The number of halogens is 1. The van der Waals surface area contributed by atoms with Crippen LogP contribution in [0.1, 0.15) is 30.9 Å². The molecule has 31 heavy (non-hydrogen) atoms. The standard InChI is InChI=1S/C24H23FN6/c25-19-12-17(31-11-1-8-28-31)3-5-21(19)30-23-13-22-16(15-27-23)2-4-20(29-22)18-14-24(18)6-9-26-10-7-24/h1-5,8,11-13,15,18,26H,6-7,9-10,14H2,(H,27,30). The Labute approximate surface area is 179 Å². The zero-order valence-electron chi connectivity index (χ0n) is 17.1. The Morgan fingerprint density at radius 1 is 1.13 bits per heavy atom. The number of piperidine rings is 1. The molecule has 1 aromatic carbocycles. The Hall–Kier alpha value is -3.32. The Balaban J connectivity index is 1.26. The van der Waals surface area contributed by atoms with Gasteiger partial charge in [0.2, 0.25) is 0 Å². The number of aromatic nitrogens is 4. The minimum atomic E-state index is -0.359. The third kappa shape index (κ3) is 3.35. The van der Waals surface area contributed by atoms with Crippen LogP contribution < -0.4 is 10.6 Å². The summed E-state index contributed by atoms with van der Waals surface area (Å²) in [5.41, 5.74) is 3.54. The molecule has 1 aliphatic heterocycles. The molecule has 6 rings (SSSR count). The van der Waals surface area contributed by atoms with Gasteiger partial charge in [0, 0.05) is 47.7 Å². The summed E-state index contributed by atoms with van der Waals surface area (Å²) < 4.78 is 16.3. The van der Waals surface area contributed by atoms with Crippen LogP contribution in [0.3, 0.4) is 0 Å². The summed E-state index contributed by atoms with van der Waals surface area (Å²) in [5.74, 6) is 0.772. The van der Waals surface area contributed by atoms with Gasteiger partial charge in [0.05, 0.1) is 16.9 Å². The lowest BCUT2D eigenvalue weighted by atomic mass is 9.91. The number of fused-ring (bicyclic) bond motifs is 1. The molecule has 2 aliphatic rings. The number of pyridine rings is 2. The molecule has 1 aliphatic carbocycles. The maximum atomic E-state index is 14.7. The maximum absolute atomic E-state index is 14.7. The molecular weight excluding hydrogens is 391 g/mol. The van der Waals surface area contributed by atoms with Gasteiger partial charge in [-0.1, -0.05) is 0 Å². The van der Waals surface area contributed by atoms with Gasteiger partial charge < -0.3 is 10.6 Å². The minimum absolute atomic E-state index is 0.359. The Morgan fingerprint density at radius 2 is 2.03 bits per heavy atom. The second kappa shape index (κ2) is 7.13. The van der Waals surface area contributed by atoms with Crippen molar-refractivity contribution in [3.05, 3.63) is 72.6 Å². The molecule has 6 nitrogen and oxygen atoms in total. The lowest BCUT2D eigenvalue weighted by Gasteiger charge is -2.23. The molecule has 0 radical (unpaired) electrons. The van der Waals surface area contributed by atoms with E-state index < -0.39 is 0 Å². The first-order valence-corrected chi connectivity index (χ1v) is 10.7. The molecule has 2 fully saturated rings. The summed E-state index contributed by atoms with van der Waals surface area (Å²) >= 11 is 0. The van der Waals surface area contributed by atoms with E-state index in [2.05, 4.69) is 32.8 Å². The first-order chi connectivity index (χ1) is 15.2. The minimum Gasteiger partial charge on any atom is -0.338 e. The number of hydrogen-bond acceptors (Lipinski definition) is 5. The molecule has 2 N–H and O–H groups in total. The maximum Gasteiger partial charge on any atom is 0.148 e. The fourth-order valence-electron chi connectivity index (χ4n) is 4.85. The van der Waals surface area contributed by atoms with E-state index in [0.717, 1.165) is 24.0 Å². The third-order valence-electron chi connectivity index (χ3n) is 6.73. The summed E-state index contributed by atoms with van der Waals surface area (Å²) in [6, 6.07) is 12.9. The van der Waals surface area contributed by atoms with Gasteiger partial charge in [-0.25, -0.2) is 14.1 Å². The number of nitrogens with zero attached hydrogens (tertiary/aromatic N) is 4. The van der Waals surface area contributed by atoms with Crippen LogP contribution in [0.2, 0.25) is 0 Å². The fourth-order valence-corrected chi connectivity index (χ4v) is 4.85. The molecule has 1 spiro atoms. The van der Waals surface area contributed by atoms with Crippen LogP contribution >= 0.6 is 0 Å². The topological polar surface area (TPSA) is 67.7 Å². The van der Waals surface area contributed by atoms with Crippen LogP contribution in [0.25, 0.3) is 16.6 Å². The van der Waals surface area contributed by atoms with Crippen molar-refractivity contribution in [2.45, 2.75) is 25.2 Å². The Morgan fingerprint density at radius 3 is 2.84 bits per heavy atom. The quantitative estimate of drug-likeness (QED) is 0.513. The molecule has 1 unspecified atom stereocenters. The molecule has 156 valence electrons. The van der Waals surface area contributed by atoms with E-state index in [1.807, 2.05) is 12.1 Å². The third-order valence-corrected chi connectivity index (χ3v) is 6.73. The molecule has 1 saturated heterocycles.